The molecule has 118 valence electrons. The standard InChI is InChI=1S/C17H26O4/c1-16(2)20-15-9-8-12(11-19)14-7-3-5-13(6-4-10-18)17(14,15)21-16/h10-15H,3-9H2,1-2H3/t12-,13+,14?,15+,17-/m0/s1. The molecule has 3 aliphatic rings. The lowest BCUT2D eigenvalue weighted by atomic mass is 9.56. The third-order valence-electron chi connectivity index (χ3n) is 5.72. The monoisotopic (exact) mass is 294 g/mol. The smallest absolute Gasteiger partial charge is 0.164 e. The van der Waals surface area contributed by atoms with Gasteiger partial charge in [-0.25, -0.2) is 0 Å². The van der Waals surface area contributed by atoms with Crippen molar-refractivity contribution in [2.24, 2.45) is 17.8 Å². The average molecular weight is 294 g/mol. The SMILES string of the molecule is CC1(C)O[C@@H]2CC[C@@H](C=O)C3CCC[C@H](CCC=O)[C@]32O1. The molecule has 3 fully saturated rings. The van der Waals surface area contributed by atoms with Crippen molar-refractivity contribution >= 4 is 12.6 Å². The van der Waals surface area contributed by atoms with E-state index in [-0.39, 0.29) is 23.5 Å². The van der Waals surface area contributed by atoms with Crippen molar-refractivity contribution in [3.63, 3.8) is 0 Å². The van der Waals surface area contributed by atoms with E-state index in [2.05, 4.69) is 0 Å². The quantitative estimate of drug-likeness (QED) is 0.748. The molecule has 0 aromatic carbocycles. The molecule has 0 aromatic heterocycles. The zero-order chi connectivity index (χ0) is 15.1. The Morgan fingerprint density at radius 2 is 1.95 bits per heavy atom. The number of carbonyl (C=O) groups is 2. The van der Waals surface area contributed by atoms with Gasteiger partial charge in [0, 0.05) is 18.3 Å². The van der Waals surface area contributed by atoms with Gasteiger partial charge in [0.2, 0.25) is 0 Å². The fourth-order valence-corrected chi connectivity index (χ4v) is 5.13. The van der Waals surface area contributed by atoms with Crippen molar-refractivity contribution in [3.05, 3.63) is 0 Å². The Morgan fingerprint density at radius 3 is 2.67 bits per heavy atom. The van der Waals surface area contributed by atoms with Gasteiger partial charge in [-0.15, -0.1) is 0 Å². The number of hydrogen-bond acceptors (Lipinski definition) is 4. The van der Waals surface area contributed by atoms with Crippen molar-refractivity contribution in [1.29, 1.82) is 0 Å². The Bertz CT molecular complexity index is 419. The van der Waals surface area contributed by atoms with Crippen LogP contribution in [0.5, 0.6) is 0 Å². The summed E-state index contributed by atoms with van der Waals surface area (Å²) in [6.07, 6.45) is 8.64. The van der Waals surface area contributed by atoms with Crippen LogP contribution in [0.1, 0.15) is 58.8 Å². The Morgan fingerprint density at radius 1 is 1.14 bits per heavy atom. The minimum absolute atomic E-state index is 0.0747. The zero-order valence-corrected chi connectivity index (χ0v) is 13.0. The highest BCUT2D eigenvalue weighted by molar-refractivity contribution is 5.55. The molecule has 2 saturated carbocycles. The molecule has 1 spiro atoms. The molecule has 3 rings (SSSR count). The van der Waals surface area contributed by atoms with Crippen molar-refractivity contribution in [2.45, 2.75) is 76.3 Å². The maximum atomic E-state index is 11.5. The minimum atomic E-state index is -0.586. The summed E-state index contributed by atoms with van der Waals surface area (Å²) < 4.78 is 12.7. The Hall–Kier alpha value is -0.740. The van der Waals surface area contributed by atoms with Crippen LogP contribution in [-0.2, 0) is 19.1 Å². The van der Waals surface area contributed by atoms with Crippen LogP contribution in [0.4, 0.5) is 0 Å². The van der Waals surface area contributed by atoms with Crippen LogP contribution in [0.3, 0.4) is 0 Å². The maximum Gasteiger partial charge on any atom is 0.164 e. The number of aldehydes is 2. The first-order valence-electron chi connectivity index (χ1n) is 8.30. The van der Waals surface area contributed by atoms with Crippen molar-refractivity contribution in [1.82, 2.24) is 0 Å². The lowest BCUT2D eigenvalue weighted by Crippen LogP contribution is -2.60. The Labute approximate surface area is 126 Å². The highest BCUT2D eigenvalue weighted by Gasteiger charge is 2.64. The first-order chi connectivity index (χ1) is 10.0. The fraction of sp³-hybridized carbons (Fsp3) is 0.882. The lowest BCUT2D eigenvalue weighted by Gasteiger charge is -2.53. The number of carbonyl (C=O) groups excluding carboxylic acids is 2. The van der Waals surface area contributed by atoms with E-state index in [0.29, 0.717) is 12.3 Å². The summed E-state index contributed by atoms with van der Waals surface area (Å²) in [6, 6.07) is 0. The zero-order valence-electron chi connectivity index (χ0n) is 13.0. The highest BCUT2D eigenvalue weighted by atomic mass is 16.8. The van der Waals surface area contributed by atoms with Gasteiger partial charge >= 0.3 is 0 Å². The number of hydrogen-bond donors (Lipinski definition) is 0. The molecule has 5 atom stereocenters. The summed E-state index contributed by atoms with van der Waals surface area (Å²) in [5.41, 5.74) is -0.353. The van der Waals surface area contributed by atoms with E-state index >= 15 is 0 Å². The molecule has 0 amide bonds. The molecule has 0 N–H and O–H groups in total. The Kier molecular flexibility index (Phi) is 3.95. The van der Waals surface area contributed by atoms with Crippen LogP contribution in [0.25, 0.3) is 0 Å². The normalized spacial score (nSPS) is 44.7. The molecule has 1 saturated heterocycles. The van der Waals surface area contributed by atoms with Crippen LogP contribution >= 0.6 is 0 Å². The summed E-state index contributed by atoms with van der Waals surface area (Å²) in [5, 5.41) is 0. The van der Waals surface area contributed by atoms with Crippen LogP contribution in [0.2, 0.25) is 0 Å². The van der Waals surface area contributed by atoms with Gasteiger partial charge in [0.25, 0.3) is 0 Å². The summed E-state index contributed by atoms with van der Waals surface area (Å²) in [7, 11) is 0. The van der Waals surface area contributed by atoms with Crippen LogP contribution in [0, 0.1) is 17.8 Å². The van der Waals surface area contributed by atoms with E-state index in [1.54, 1.807) is 0 Å². The van der Waals surface area contributed by atoms with Gasteiger partial charge in [0.15, 0.2) is 5.79 Å². The second kappa shape index (κ2) is 5.47. The number of ether oxygens (including phenoxy) is 2. The van der Waals surface area contributed by atoms with Crippen molar-refractivity contribution < 1.29 is 19.1 Å². The van der Waals surface area contributed by atoms with Gasteiger partial charge in [-0.3, -0.25) is 0 Å². The van der Waals surface area contributed by atoms with Gasteiger partial charge < -0.3 is 19.1 Å². The van der Waals surface area contributed by atoms with E-state index in [1.807, 2.05) is 13.8 Å². The van der Waals surface area contributed by atoms with Gasteiger partial charge in [-0.05, 0) is 51.9 Å². The van der Waals surface area contributed by atoms with Gasteiger partial charge in [0.05, 0.1) is 6.10 Å². The maximum absolute atomic E-state index is 11.5. The molecule has 4 nitrogen and oxygen atoms in total. The molecule has 2 aliphatic carbocycles. The molecule has 4 heteroatoms. The van der Waals surface area contributed by atoms with Crippen molar-refractivity contribution in [3.8, 4) is 0 Å². The summed E-state index contributed by atoms with van der Waals surface area (Å²) >= 11 is 0. The van der Waals surface area contributed by atoms with Gasteiger partial charge in [-0.2, -0.15) is 0 Å². The molecular formula is C17H26O4. The lowest BCUT2D eigenvalue weighted by molar-refractivity contribution is -0.205. The van der Waals surface area contributed by atoms with Crippen LogP contribution < -0.4 is 0 Å². The second-order valence-corrected chi connectivity index (χ2v) is 7.32. The van der Waals surface area contributed by atoms with Gasteiger partial charge in [-0.1, -0.05) is 6.42 Å². The predicted molar refractivity (Wildman–Crippen MR) is 77.7 cm³/mol. The third-order valence-corrected chi connectivity index (χ3v) is 5.72. The van der Waals surface area contributed by atoms with E-state index in [0.717, 1.165) is 51.1 Å². The average Bonchev–Trinajstić information content (AvgIpc) is 2.73. The molecule has 1 unspecified atom stereocenters. The van der Waals surface area contributed by atoms with E-state index in [1.165, 1.54) is 0 Å². The molecule has 1 heterocycles. The van der Waals surface area contributed by atoms with Crippen LogP contribution in [-0.4, -0.2) is 30.1 Å². The van der Waals surface area contributed by atoms with Gasteiger partial charge in [0.1, 0.15) is 18.2 Å². The number of rotatable bonds is 4. The molecule has 0 radical (unpaired) electrons. The topological polar surface area (TPSA) is 52.6 Å². The highest BCUT2D eigenvalue weighted by Crippen LogP contribution is 2.58. The molecule has 0 bridgehead atoms. The van der Waals surface area contributed by atoms with Crippen LogP contribution in [0.15, 0.2) is 0 Å². The summed E-state index contributed by atoms with van der Waals surface area (Å²) in [5.74, 6) is 0.0759. The summed E-state index contributed by atoms with van der Waals surface area (Å²) in [4.78, 5) is 22.3. The second-order valence-electron chi connectivity index (χ2n) is 7.32. The van der Waals surface area contributed by atoms with E-state index in [4.69, 9.17) is 9.47 Å². The predicted octanol–water partition coefficient (Wildman–Crippen LogP) is 2.88. The molecular weight excluding hydrogens is 268 g/mol. The first-order valence-corrected chi connectivity index (χ1v) is 8.30. The van der Waals surface area contributed by atoms with Crippen molar-refractivity contribution in [2.75, 3.05) is 0 Å². The third kappa shape index (κ3) is 2.36. The summed E-state index contributed by atoms with van der Waals surface area (Å²) in [6.45, 7) is 3.94. The minimum Gasteiger partial charge on any atom is -0.344 e. The molecule has 21 heavy (non-hydrogen) atoms. The van der Waals surface area contributed by atoms with E-state index in [9.17, 15) is 9.59 Å². The Balaban J connectivity index is 1.97. The molecule has 0 aromatic rings. The fourth-order valence-electron chi connectivity index (χ4n) is 5.13. The van der Waals surface area contributed by atoms with E-state index < -0.39 is 5.79 Å². The largest absolute Gasteiger partial charge is 0.344 e. The first kappa shape index (κ1) is 15.2. The molecule has 1 aliphatic heterocycles.